The number of nitrogens with one attached hydrogen (secondary N) is 2. The van der Waals surface area contributed by atoms with Crippen LogP contribution in [0.1, 0.15) is 18.9 Å². The topological polar surface area (TPSA) is 49.8 Å². The summed E-state index contributed by atoms with van der Waals surface area (Å²) in [5.74, 6) is 1.03. The van der Waals surface area contributed by atoms with Gasteiger partial charge in [-0.1, -0.05) is 13.0 Å². The third-order valence-corrected chi connectivity index (χ3v) is 2.65. The SMILES string of the molecule is CCCNc1cncc(Nc2cc(F)ccc2C)n1. The van der Waals surface area contributed by atoms with Gasteiger partial charge in [0.15, 0.2) is 5.82 Å². The molecule has 0 aliphatic carbocycles. The smallest absolute Gasteiger partial charge is 0.151 e. The summed E-state index contributed by atoms with van der Waals surface area (Å²) in [5, 5.41) is 6.24. The number of nitrogens with zero attached hydrogens (tertiary/aromatic N) is 2. The van der Waals surface area contributed by atoms with Crippen molar-refractivity contribution >= 4 is 17.3 Å². The van der Waals surface area contributed by atoms with Crippen molar-refractivity contribution in [3.63, 3.8) is 0 Å². The summed E-state index contributed by atoms with van der Waals surface area (Å²) in [6.07, 6.45) is 4.29. The molecule has 0 aliphatic heterocycles. The molecule has 19 heavy (non-hydrogen) atoms. The first-order chi connectivity index (χ1) is 9.19. The van der Waals surface area contributed by atoms with Crippen molar-refractivity contribution in [1.82, 2.24) is 9.97 Å². The van der Waals surface area contributed by atoms with Crippen molar-refractivity contribution in [2.45, 2.75) is 20.3 Å². The van der Waals surface area contributed by atoms with Gasteiger partial charge in [0, 0.05) is 12.2 Å². The number of benzene rings is 1. The molecule has 2 aromatic rings. The van der Waals surface area contributed by atoms with Gasteiger partial charge in [-0.05, 0) is 31.0 Å². The highest BCUT2D eigenvalue weighted by Gasteiger charge is 2.03. The minimum atomic E-state index is -0.277. The van der Waals surface area contributed by atoms with Crippen molar-refractivity contribution in [3.05, 3.63) is 42.0 Å². The fourth-order valence-electron chi connectivity index (χ4n) is 1.63. The summed E-state index contributed by atoms with van der Waals surface area (Å²) in [5.41, 5.74) is 1.65. The fraction of sp³-hybridized carbons (Fsp3) is 0.286. The summed E-state index contributed by atoms with van der Waals surface area (Å²) < 4.78 is 13.2. The van der Waals surface area contributed by atoms with Gasteiger partial charge in [-0.25, -0.2) is 9.37 Å². The van der Waals surface area contributed by atoms with Crippen LogP contribution in [-0.4, -0.2) is 16.5 Å². The standard InChI is InChI=1S/C14H17FN4/c1-3-6-17-13-8-16-9-14(19-13)18-12-7-11(15)5-4-10(12)2/h4-5,7-9H,3,6H2,1-2H3,(H2,17,18,19). The maximum atomic E-state index is 13.2. The molecule has 2 N–H and O–H groups in total. The Balaban J connectivity index is 2.16. The van der Waals surface area contributed by atoms with Crippen LogP contribution in [0.4, 0.5) is 21.7 Å². The van der Waals surface area contributed by atoms with E-state index in [-0.39, 0.29) is 5.82 Å². The Labute approximate surface area is 112 Å². The van der Waals surface area contributed by atoms with Crippen molar-refractivity contribution < 1.29 is 4.39 Å². The van der Waals surface area contributed by atoms with Gasteiger partial charge in [0.2, 0.25) is 0 Å². The quantitative estimate of drug-likeness (QED) is 0.864. The van der Waals surface area contributed by atoms with Crippen LogP contribution in [0.15, 0.2) is 30.6 Å². The van der Waals surface area contributed by atoms with Crippen molar-refractivity contribution in [2.24, 2.45) is 0 Å². The van der Waals surface area contributed by atoms with Gasteiger partial charge in [-0.15, -0.1) is 0 Å². The highest BCUT2D eigenvalue weighted by Crippen LogP contribution is 2.20. The Morgan fingerprint density at radius 2 is 2.00 bits per heavy atom. The number of rotatable bonds is 5. The summed E-state index contributed by atoms with van der Waals surface area (Å²) in [4.78, 5) is 8.47. The molecule has 0 radical (unpaired) electrons. The molecule has 1 aromatic carbocycles. The van der Waals surface area contributed by atoms with Gasteiger partial charge in [0.05, 0.1) is 12.4 Å². The number of aromatic nitrogens is 2. The van der Waals surface area contributed by atoms with Gasteiger partial charge in [-0.3, -0.25) is 4.98 Å². The Kier molecular flexibility index (Phi) is 4.28. The van der Waals surface area contributed by atoms with E-state index < -0.39 is 0 Å². The molecular weight excluding hydrogens is 243 g/mol. The first kappa shape index (κ1) is 13.3. The Morgan fingerprint density at radius 1 is 1.21 bits per heavy atom. The fourth-order valence-corrected chi connectivity index (χ4v) is 1.63. The molecule has 2 rings (SSSR count). The second kappa shape index (κ2) is 6.13. The lowest BCUT2D eigenvalue weighted by Crippen LogP contribution is -2.04. The molecule has 1 aromatic heterocycles. The number of hydrogen-bond donors (Lipinski definition) is 2. The number of anilines is 3. The molecule has 0 aliphatic rings. The lowest BCUT2D eigenvalue weighted by Gasteiger charge is -2.10. The molecule has 100 valence electrons. The van der Waals surface area contributed by atoms with E-state index in [9.17, 15) is 4.39 Å². The molecule has 0 fully saturated rings. The van der Waals surface area contributed by atoms with E-state index in [4.69, 9.17) is 0 Å². The minimum absolute atomic E-state index is 0.277. The van der Waals surface area contributed by atoms with Crippen LogP contribution >= 0.6 is 0 Å². The Morgan fingerprint density at radius 3 is 2.79 bits per heavy atom. The first-order valence-corrected chi connectivity index (χ1v) is 6.28. The van der Waals surface area contributed by atoms with Crippen LogP contribution in [-0.2, 0) is 0 Å². The van der Waals surface area contributed by atoms with E-state index in [0.717, 1.165) is 18.5 Å². The van der Waals surface area contributed by atoms with Crippen molar-refractivity contribution in [3.8, 4) is 0 Å². The predicted octanol–water partition coefficient (Wildman–Crippen LogP) is 3.49. The molecule has 0 spiro atoms. The number of halogens is 1. The lowest BCUT2D eigenvalue weighted by molar-refractivity contribution is 0.628. The Hall–Kier alpha value is -2.17. The third-order valence-electron chi connectivity index (χ3n) is 2.65. The van der Waals surface area contributed by atoms with E-state index in [1.807, 2.05) is 6.92 Å². The van der Waals surface area contributed by atoms with Crippen molar-refractivity contribution in [2.75, 3.05) is 17.2 Å². The normalized spacial score (nSPS) is 10.3. The molecule has 0 saturated carbocycles. The van der Waals surface area contributed by atoms with E-state index in [0.29, 0.717) is 17.3 Å². The average Bonchev–Trinajstić information content (AvgIpc) is 2.41. The summed E-state index contributed by atoms with van der Waals surface area (Å²) in [6.45, 7) is 4.84. The van der Waals surface area contributed by atoms with Gasteiger partial charge < -0.3 is 10.6 Å². The first-order valence-electron chi connectivity index (χ1n) is 6.28. The monoisotopic (exact) mass is 260 g/mol. The van der Waals surface area contributed by atoms with Crippen LogP contribution < -0.4 is 10.6 Å². The zero-order valence-electron chi connectivity index (χ0n) is 11.1. The molecule has 1 heterocycles. The predicted molar refractivity (Wildman–Crippen MR) is 75.2 cm³/mol. The van der Waals surface area contributed by atoms with Crippen LogP contribution in [0.25, 0.3) is 0 Å². The molecular formula is C14H17FN4. The third kappa shape index (κ3) is 3.64. The molecule has 4 nitrogen and oxygen atoms in total. The summed E-state index contributed by atoms with van der Waals surface area (Å²) in [7, 11) is 0. The maximum Gasteiger partial charge on any atom is 0.151 e. The van der Waals surface area contributed by atoms with E-state index in [2.05, 4.69) is 27.5 Å². The van der Waals surface area contributed by atoms with Crippen molar-refractivity contribution in [1.29, 1.82) is 0 Å². The van der Waals surface area contributed by atoms with Gasteiger partial charge in [-0.2, -0.15) is 0 Å². The zero-order chi connectivity index (χ0) is 13.7. The highest BCUT2D eigenvalue weighted by atomic mass is 19.1. The second-order valence-corrected chi connectivity index (χ2v) is 4.30. The highest BCUT2D eigenvalue weighted by molar-refractivity contribution is 5.60. The second-order valence-electron chi connectivity index (χ2n) is 4.30. The van der Waals surface area contributed by atoms with E-state index in [1.54, 1.807) is 18.5 Å². The molecule has 0 unspecified atom stereocenters. The average molecular weight is 260 g/mol. The van der Waals surface area contributed by atoms with Gasteiger partial charge >= 0.3 is 0 Å². The van der Waals surface area contributed by atoms with E-state index >= 15 is 0 Å². The molecule has 0 amide bonds. The summed E-state index contributed by atoms with van der Waals surface area (Å²) >= 11 is 0. The van der Waals surface area contributed by atoms with E-state index in [1.165, 1.54) is 12.1 Å². The largest absolute Gasteiger partial charge is 0.369 e. The zero-order valence-corrected chi connectivity index (χ0v) is 11.1. The molecule has 0 saturated heterocycles. The Bertz CT molecular complexity index is 557. The maximum absolute atomic E-state index is 13.2. The lowest BCUT2D eigenvalue weighted by atomic mass is 10.2. The number of aryl methyl sites for hydroxylation is 1. The van der Waals surface area contributed by atoms with Gasteiger partial charge in [0.25, 0.3) is 0 Å². The van der Waals surface area contributed by atoms with Crippen LogP contribution in [0, 0.1) is 12.7 Å². The molecule has 0 atom stereocenters. The van der Waals surface area contributed by atoms with Gasteiger partial charge in [0.1, 0.15) is 11.6 Å². The number of hydrogen-bond acceptors (Lipinski definition) is 4. The van der Waals surface area contributed by atoms with Crippen LogP contribution in [0.2, 0.25) is 0 Å². The molecule has 5 heteroatoms. The van der Waals surface area contributed by atoms with Crippen LogP contribution in [0.5, 0.6) is 0 Å². The minimum Gasteiger partial charge on any atom is -0.369 e. The molecule has 0 bridgehead atoms. The van der Waals surface area contributed by atoms with Crippen LogP contribution in [0.3, 0.4) is 0 Å². The summed E-state index contributed by atoms with van der Waals surface area (Å²) in [6, 6.07) is 4.61.